The summed E-state index contributed by atoms with van der Waals surface area (Å²) in [7, 11) is 0. The van der Waals surface area contributed by atoms with E-state index in [1.54, 1.807) is 18.2 Å². The maximum Gasteiger partial charge on any atom is 0.160 e. The van der Waals surface area contributed by atoms with E-state index < -0.39 is 0 Å². The Bertz CT molecular complexity index is 697. The largest absolute Gasteiger partial charge is 0.504 e. The van der Waals surface area contributed by atoms with E-state index in [4.69, 9.17) is 0 Å². The molecule has 0 radical (unpaired) electrons. The molecule has 0 aliphatic rings. The lowest BCUT2D eigenvalue weighted by atomic mass is 9.94. The van der Waals surface area contributed by atoms with Gasteiger partial charge in [-0.05, 0) is 46.4 Å². The highest BCUT2D eigenvalue weighted by Crippen LogP contribution is 2.38. The van der Waals surface area contributed by atoms with Gasteiger partial charge in [-0.2, -0.15) is 0 Å². The highest BCUT2D eigenvalue weighted by atomic mass is 16.3. The van der Waals surface area contributed by atoms with Crippen molar-refractivity contribution >= 4 is 12.2 Å². The summed E-state index contributed by atoms with van der Waals surface area (Å²) < 4.78 is 0. The van der Waals surface area contributed by atoms with Crippen molar-refractivity contribution in [1.29, 1.82) is 0 Å². The lowest BCUT2D eigenvalue weighted by Gasteiger charge is -2.13. The Balaban J connectivity index is 2.62. The van der Waals surface area contributed by atoms with Crippen LogP contribution < -0.4 is 0 Å². The maximum absolute atomic E-state index is 9.94. The summed E-state index contributed by atoms with van der Waals surface area (Å²) in [5, 5.41) is 19.9. The van der Waals surface area contributed by atoms with Crippen LogP contribution in [-0.2, 0) is 0 Å². The van der Waals surface area contributed by atoms with Gasteiger partial charge in [0.25, 0.3) is 0 Å². The summed E-state index contributed by atoms with van der Waals surface area (Å²) in [5.74, 6) is -0.00766. The number of hydrogen-bond donors (Lipinski definition) is 2. The van der Waals surface area contributed by atoms with Gasteiger partial charge in [0.15, 0.2) is 11.5 Å². The van der Waals surface area contributed by atoms with Gasteiger partial charge in [-0.3, -0.25) is 0 Å². The molecule has 0 aromatic heterocycles. The Morgan fingerprint density at radius 2 is 1.57 bits per heavy atom. The standard InChI is InChI=1S/C19H20O2/c1-5-13-7-8-15(9-14(13)6-2)16-10-17(12(3)4)19(21)18(20)11-16/h5-12,20-21H,1-2H2,3-4H3. The third kappa shape index (κ3) is 2.84. The van der Waals surface area contributed by atoms with E-state index in [0.717, 1.165) is 27.8 Å². The third-order valence-corrected chi connectivity index (χ3v) is 3.60. The Morgan fingerprint density at radius 1 is 0.905 bits per heavy atom. The van der Waals surface area contributed by atoms with E-state index in [9.17, 15) is 10.2 Å². The average molecular weight is 280 g/mol. The Hall–Kier alpha value is -2.48. The topological polar surface area (TPSA) is 40.5 Å². The molecule has 2 aromatic carbocycles. The molecule has 0 atom stereocenters. The maximum atomic E-state index is 9.94. The van der Waals surface area contributed by atoms with Gasteiger partial charge >= 0.3 is 0 Å². The molecule has 108 valence electrons. The van der Waals surface area contributed by atoms with Crippen molar-refractivity contribution in [2.75, 3.05) is 0 Å². The minimum Gasteiger partial charge on any atom is -0.504 e. The second kappa shape index (κ2) is 5.88. The summed E-state index contributed by atoms with van der Waals surface area (Å²) in [4.78, 5) is 0. The van der Waals surface area contributed by atoms with E-state index in [1.807, 2.05) is 38.1 Å². The quantitative estimate of drug-likeness (QED) is 0.758. The molecule has 0 aliphatic carbocycles. The van der Waals surface area contributed by atoms with Gasteiger partial charge in [-0.15, -0.1) is 0 Å². The molecule has 0 unspecified atom stereocenters. The minimum atomic E-state index is -0.0934. The summed E-state index contributed by atoms with van der Waals surface area (Å²) in [6.45, 7) is 11.6. The number of rotatable bonds is 4. The number of benzene rings is 2. The number of phenolic OH excluding ortho intramolecular Hbond substituents is 2. The average Bonchev–Trinajstić information content (AvgIpc) is 2.48. The van der Waals surface area contributed by atoms with Gasteiger partial charge in [-0.1, -0.05) is 51.3 Å². The highest BCUT2D eigenvalue weighted by molar-refractivity contribution is 5.75. The van der Waals surface area contributed by atoms with Crippen LogP contribution in [0.25, 0.3) is 23.3 Å². The fraction of sp³-hybridized carbons (Fsp3) is 0.158. The molecular formula is C19H20O2. The van der Waals surface area contributed by atoms with E-state index in [0.29, 0.717) is 0 Å². The van der Waals surface area contributed by atoms with Gasteiger partial charge in [0, 0.05) is 5.56 Å². The van der Waals surface area contributed by atoms with E-state index >= 15 is 0 Å². The Labute approximate surface area is 125 Å². The molecular weight excluding hydrogens is 260 g/mol. The third-order valence-electron chi connectivity index (χ3n) is 3.60. The van der Waals surface area contributed by atoms with Crippen LogP contribution in [0.15, 0.2) is 43.5 Å². The molecule has 2 rings (SSSR count). The zero-order valence-corrected chi connectivity index (χ0v) is 12.4. The van der Waals surface area contributed by atoms with Crippen LogP contribution >= 0.6 is 0 Å². The SMILES string of the molecule is C=Cc1ccc(-c2cc(O)c(O)c(C(C)C)c2)cc1C=C. The van der Waals surface area contributed by atoms with Crippen LogP contribution in [0.4, 0.5) is 0 Å². The molecule has 0 amide bonds. The van der Waals surface area contributed by atoms with Gasteiger partial charge in [0.2, 0.25) is 0 Å². The summed E-state index contributed by atoms with van der Waals surface area (Å²) in [6, 6.07) is 9.44. The second-order valence-corrected chi connectivity index (χ2v) is 5.34. The minimum absolute atomic E-state index is 0.0413. The molecule has 0 heterocycles. The van der Waals surface area contributed by atoms with Gasteiger partial charge < -0.3 is 10.2 Å². The molecule has 0 fully saturated rings. The zero-order valence-electron chi connectivity index (χ0n) is 12.4. The first-order valence-corrected chi connectivity index (χ1v) is 6.93. The lowest BCUT2D eigenvalue weighted by Crippen LogP contribution is -1.91. The van der Waals surface area contributed by atoms with Crippen LogP contribution in [0.3, 0.4) is 0 Å². The van der Waals surface area contributed by atoms with Gasteiger partial charge in [-0.25, -0.2) is 0 Å². The molecule has 0 saturated carbocycles. The second-order valence-electron chi connectivity index (χ2n) is 5.34. The first-order chi connectivity index (χ1) is 9.97. The van der Waals surface area contributed by atoms with Crippen molar-refractivity contribution in [2.45, 2.75) is 19.8 Å². The summed E-state index contributed by atoms with van der Waals surface area (Å²) >= 11 is 0. The van der Waals surface area contributed by atoms with Crippen molar-refractivity contribution in [2.24, 2.45) is 0 Å². The number of aromatic hydroxyl groups is 2. The Morgan fingerprint density at radius 3 is 2.14 bits per heavy atom. The van der Waals surface area contributed by atoms with E-state index in [2.05, 4.69) is 13.2 Å². The van der Waals surface area contributed by atoms with Crippen LogP contribution in [0.2, 0.25) is 0 Å². The first kappa shape index (κ1) is 14.9. The van der Waals surface area contributed by atoms with Crippen LogP contribution in [-0.4, -0.2) is 10.2 Å². The zero-order chi connectivity index (χ0) is 15.6. The number of phenols is 2. The molecule has 0 bridgehead atoms. The number of hydrogen-bond acceptors (Lipinski definition) is 2. The molecule has 0 spiro atoms. The summed E-state index contributed by atoms with van der Waals surface area (Å²) in [5.41, 5.74) is 4.57. The monoisotopic (exact) mass is 280 g/mol. The van der Waals surface area contributed by atoms with E-state index in [-0.39, 0.29) is 17.4 Å². The lowest BCUT2D eigenvalue weighted by molar-refractivity contribution is 0.398. The van der Waals surface area contributed by atoms with Crippen molar-refractivity contribution in [3.05, 3.63) is 60.2 Å². The van der Waals surface area contributed by atoms with Gasteiger partial charge in [0.1, 0.15) is 0 Å². The fourth-order valence-corrected chi connectivity index (χ4v) is 2.36. The van der Waals surface area contributed by atoms with Gasteiger partial charge in [0.05, 0.1) is 0 Å². The normalized spacial score (nSPS) is 10.6. The van der Waals surface area contributed by atoms with Crippen molar-refractivity contribution in [1.82, 2.24) is 0 Å². The predicted octanol–water partition coefficient (Wildman–Crippen LogP) is 5.17. The molecule has 0 saturated heterocycles. The van der Waals surface area contributed by atoms with Crippen LogP contribution in [0.1, 0.15) is 36.5 Å². The highest BCUT2D eigenvalue weighted by Gasteiger charge is 2.13. The van der Waals surface area contributed by atoms with Crippen molar-refractivity contribution < 1.29 is 10.2 Å². The molecule has 2 heteroatoms. The van der Waals surface area contributed by atoms with Crippen molar-refractivity contribution in [3.63, 3.8) is 0 Å². The molecule has 2 N–H and O–H groups in total. The smallest absolute Gasteiger partial charge is 0.160 e. The first-order valence-electron chi connectivity index (χ1n) is 6.93. The van der Waals surface area contributed by atoms with E-state index in [1.165, 1.54) is 0 Å². The van der Waals surface area contributed by atoms with Crippen LogP contribution in [0, 0.1) is 0 Å². The Kier molecular flexibility index (Phi) is 4.18. The summed E-state index contributed by atoms with van der Waals surface area (Å²) in [6.07, 6.45) is 3.57. The predicted molar refractivity (Wildman–Crippen MR) is 89.5 cm³/mol. The van der Waals surface area contributed by atoms with Crippen LogP contribution in [0.5, 0.6) is 11.5 Å². The molecule has 21 heavy (non-hydrogen) atoms. The van der Waals surface area contributed by atoms with Crippen molar-refractivity contribution in [3.8, 4) is 22.6 Å². The molecule has 0 aliphatic heterocycles. The molecule has 2 nitrogen and oxygen atoms in total. The fourth-order valence-electron chi connectivity index (χ4n) is 2.36. The molecule has 2 aromatic rings.